The lowest BCUT2D eigenvalue weighted by Crippen LogP contribution is -2.20. The van der Waals surface area contributed by atoms with Gasteiger partial charge in [0, 0.05) is 17.7 Å². The zero-order valence-corrected chi connectivity index (χ0v) is 13.3. The van der Waals surface area contributed by atoms with Crippen molar-refractivity contribution in [2.24, 2.45) is 0 Å². The number of halogens is 1. The molecule has 3 N–H and O–H groups in total. The molecular weight excluding hydrogens is 311 g/mol. The minimum absolute atomic E-state index is 0.0183. The van der Waals surface area contributed by atoms with Crippen molar-refractivity contribution in [3.8, 4) is 5.75 Å². The van der Waals surface area contributed by atoms with Gasteiger partial charge < -0.3 is 15.8 Å². The molecule has 2 aromatic carbocycles. The highest BCUT2D eigenvalue weighted by atomic mass is 19.1. The number of Topliss-reactive ketones (excluding diaryl/α,β-unsaturated/α-hetero) is 1. The monoisotopic (exact) mass is 330 g/mol. The highest BCUT2D eigenvalue weighted by molar-refractivity contribution is 5.97. The number of anilines is 2. The van der Waals surface area contributed by atoms with Crippen LogP contribution in [0.2, 0.25) is 0 Å². The highest BCUT2D eigenvalue weighted by Crippen LogP contribution is 2.23. The van der Waals surface area contributed by atoms with Crippen LogP contribution in [0.25, 0.3) is 0 Å². The molecule has 0 aliphatic heterocycles. The summed E-state index contributed by atoms with van der Waals surface area (Å²) in [5.74, 6) is -0.427. The maximum Gasteiger partial charge on any atom is 0.262 e. The topological polar surface area (TPSA) is 81.4 Å². The van der Waals surface area contributed by atoms with Crippen molar-refractivity contribution in [3.63, 3.8) is 0 Å². The van der Waals surface area contributed by atoms with Gasteiger partial charge in [0.2, 0.25) is 0 Å². The average molecular weight is 330 g/mol. The Morgan fingerprint density at radius 2 is 1.88 bits per heavy atom. The summed E-state index contributed by atoms with van der Waals surface area (Å²) in [5.41, 5.74) is 7.15. The molecule has 0 unspecified atom stereocenters. The number of carbonyl (C=O) groups is 2. The van der Waals surface area contributed by atoms with Crippen LogP contribution in [-0.2, 0) is 4.79 Å². The van der Waals surface area contributed by atoms with Crippen molar-refractivity contribution in [2.45, 2.75) is 19.8 Å². The molecular formula is C18H19FN2O3. The molecule has 0 fully saturated rings. The number of carbonyl (C=O) groups excluding carboxylic acids is 2. The Morgan fingerprint density at radius 3 is 2.50 bits per heavy atom. The van der Waals surface area contributed by atoms with Crippen molar-refractivity contribution in [1.29, 1.82) is 0 Å². The maximum atomic E-state index is 12.8. The molecule has 24 heavy (non-hydrogen) atoms. The van der Waals surface area contributed by atoms with Crippen LogP contribution in [0.15, 0.2) is 42.5 Å². The molecule has 0 saturated heterocycles. The molecule has 0 heterocycles. The minimum atomic E-state index is -0.396. The Balaban J connectivity index is 1.92. The third-order valence-corrected chi connectivity index (χ3v) is 3.30. The second-order valence-corrected chi connectivity index (χ2v) is 5.27. The van der Waals surface area contributed by atoms with Crippen LogP contribution in [0.4, 0.5) is 15.8 Å². The summed E-state index contributed by atoms with van der Waals surface area (Å²) >= 11 is 0. The van der Waals surface area contributed by atoms with Gasteiger partial charge in [-0.2, -0.15) is 0 Å². The van der Waals surface area contributed by atoms with Gasteiger partial charge in [-0.25, -0.2) is 4.39 Å². The highest BCUT2D eigenvalue weighted by Gasteiger charge is 2.10. The summed E-state index contributed by atoms with van der Waals surface area (Å²) in [6.07, 6.45) is 1.22. The first-order chi connectivity index (χ1) is 11.5. The fraction of sp³-hybridized carbons (Fsp3) is 0.222. The van der Waals surface area contributed by atoms with E-state index in [4.69, 9.17) is 10.5 Å². The number of hydrogen-bond acceptors (Lipinski definition) is 4. The SMILES string of the molecule is CCCC(=O)c1ccc(OCC(=O)Nc2ccc(F)cc2)c(N)c1. The van der Waals surface area contributed by atoms with Crippen LogP contribution in [0.3, 0.4) is 0 Å². The average Bonchev–Trinajstić information content (AvgIpc) is 2.56. The van der Waals surface area contributed by atoms with Gasteiger partial charge in [-0.3, -0.25) is 9.59 Å². The summed E-state index contributed by atoms with van der Waals surface area (Å²) in [7, 11) is 0. The van der Waals surface area contributed by atoms with Gasteiger partial charge in [0.15, 0.2) is 12.4 Å². The van der Waals surface area contributed by atoms with Crippen LogP contribution in [0, 0.1) is 5.82 Å². The van der Waals surface area contributed by atoms with Crippen LogP contribution >= 0.6 is 0 Å². The number of nitrogens with one attached hydrogen (secondary N) is 1. The summed E-state index contributed by atoms with van der Waals surface area (Å²) in [6.45, 7) is 1.68. The van der Waals surface area contributed by atoms with Gasteiger partial charge in [-0.15, -0.1) is 0 Å². The fourth-order valence-corrected chi connectivity index (χ4v) is 2.10. The molecule has 5 nitrogen and oxygen atoms in total. The van der Waals surface area contributed by atoms with Crippen LogP contribution < -0.4 is 15.8 Å². The first-order valence-corrected chi connectivity index (χ1v) is 7.60. The van der Waals surface area contributed by atoms with E-state index in [9.17, 15) is 14.0 Å². The Kier molecular flexibility index (Phi) is 5.89. The molecule has 0 saturated carbocycles. The Hall–Kier alpha value is -2.89. The predicted octanol–water partition coefficient (Wildman–Crippen LogP) is 3.41. The zero-order valence-electron chi connectivity index (χ0n) is 13.3. The summed E-state index contributed by atoms with van der Waals surface area (Å²) in [4.78, 5) is 23.6. The lowest BCUT2D eigenvalue weighted by molar-refractivity contribution is -0.118. The molecule has 126 valence electrons. The van der Waals surface area contributed by atoms with E-state index in [0.717, 1.165) is 6.42 Å². The van der Waals surface area contributed by atoms with E-state index in [2.05, 4.69) is 5.32 Å². The third kappa shape index (κ3) is 4.81. The molecule has 1 amide bonds. The first kappa shape index (κ1) is 17.5. The number of ketones is 1. The van der Waals surface area contributed by atoms with E-state index in [1.807, 2.05) is 6.92 Å². The Morgan fingerprint density at radius 1 is 1.17 bits per heavy atom. The van der Waals surface area contributed by atoms with Crippen molar-refractivity contribution in [2.75, 3.05) is 17.7 Å². The Labute approximate surface area is 139 Å². The third-order valence-electron chi connectivity index (χ3n) is 3.30. The number of benzene rings is 2. The summed E-state index contributed by atoms with van der Waals surface area (Å²) < 4.78 is 18.2. The lowest BCUT2D eigenvalue weighted by atomic mass is 10.1. The second kappa shape index (κ2) is 8.10. The van der Waals surface area contributed by atoms with E-state index in [1.54, 1.807) is 18.2 Å². The molecule has 2 rings (SSSR count). The smallest absolute Gasteiger partial charge is 0.262 e. The number of amides is 1. The number of hydrogen-bond donors (Lipinski definition) is 2. The number of ether oxygens (including phenoxy) is 1. The van der Waals surface area contributed by atoms with E-state index >= 15 is 0 Å². The molecule has 0 bridgehead atoms. The van der Waals surface area contributed by atoms with Crippen molar-refractivity contribution >= 4 is 23.1 Å². The molecule has 6 heteroatoms. The van der Waals surface area contributed by atoms with E-state index in [1.165, 1.54) is 24.3 Å². The van der Waals surface area contributed by atoms with E-state index < -0.39 is 5.91 Å². The van der Waals surface area contributed by atoms with Gasteiger partial charge >= 0.3 is 0 Å². The van der Waals surface area contributed by atoms with Crippen LogP contribution in [-0.4, -0.2) is 18.3 Å². The van der Waals surface area contributed by atoms with Crippen LogP contribution in [0.5, 0.6) is 5.75 Å². The Bertz CT molecular complexity index is 730. The lowest BCUT2D eigenvalue weighted by Gasteiger charge is -2.10. The summed E-state index contributed by atoms with van der Waals surface area (Å²) in [6, 6.07) is 10.2. The standard InChI is InChI=1S/C18H19FN2O3/c1-2-3-16(22)12-4-9-17(15(20)10-12)24-11-18(23)21-14-7-5-13(19)6-8-14/h4-10H,2-3,11,20H2,1H3,(H,21,23). The largest absolute Gasteiger partial charge is 0.482 e. The van der Waals surface area contributed by atoms with E-state index in [-0.39, 0.29) is 18.2 Å². The normalized spacial score (nSPS) is 10.2. The predicted molar refractivity (Wildman–Crippen MR) is 90.6 cm³/mol. The second-order valence-electron chi connectivity index (χ2n) is 5.27. The molecule has 0 atom stereocenters. The number of rotatable bonds is 7. The van der Waals surface area contributed by atoms with E-state index in [0.29, 0.717) is 29.1 Å². The number of nitrogen functional groups attached to an aromatic ring is 1. The molecule has 0 aliphatic carbocycles. The van der Waals surface area contributed by atoms with Crippen molar-refractivity contribution in [1.82, 2.24) is 0 Å². The molecule has 2 aromatic rings. The molecule has 0 radical (unpaired) electrons. The van der Waals surface area contributed by atoms with Crippen molar-refractivity contribution in [3.05, 3.63) is 53.8 Å². The molecule has 0 spiro atoms. The van der Waals surface area contributed by atoms with Gasteiger partial charge in [0.25, 0.3) is 5.91 Å². The molecule has 0 aromatic heterocycles. The first-order valence-electron chi connectivity index (χ1n) is 7.60. The quantitative estimate of drug-likeness (QED) is 0.602. The minimum Gasteiger partial charge on any atom is -0.482 e. The maximum absolute atomic E-state index is 12.8. The molecule has 0 aliphatic rings. The van der Waals surface area contributed by atoms with Gasteiger partial charge in [-0.1, -0.05) is 6.92 Å². The van der Waals surface area contributed by atoms with Gasteiger partial charge in [-0.05, 0) is 48.9 Å². The van der Waals surface area contributed by atoms with Crippen LogP contribution in [0.1, 0.15) is 30.1 Å². The number of nitrogens with two attached hydrogens (primary N) is 1. The van der Waals surface area contributed by atoms with Gasteiger partial charge in [0.05, 0.1) is 5.69 Å². The fourth-order valence-electron chi connectivity index (χ4n) is 2.10. The zero-order chi connectivity index (χ0) is 17.5. The van der Waals surface area contributed by atoms with Gasteiger partial charge in [0.1, 0.15) is 11.6 Å². The van der Waals surface area contributed by atoms with Crippen molar-refractivity contribution < 1.29 is 18.7 Å². The summed E-state index contributed by atoms with van der Waals surface area (Å²) in [5, 5.41) is 2.58.